The number of nitrogens with one attached hydrogen (secondary N) is 2. The third-order valence-corrected chi connectivity index (χ3v) is 21.0. The van der Waals surface area contributed by atoms with E-state index in [4.69, 9.17) is 23.4 Å². The standard InChI is InChI=1S/C40H63N3O8Si2/c1-25(2)53(26(3)4,27(5)6)51-35-22-33(42-38(47)50-39(7,8)9)32(21-34(35)48-13)36(44)43-23-29(28-16-18-30(19-17-28)41-37(45)46)20-31(43)24-49-52(14,15)40(10,11)12/h16-19,21-23,25-27,31,41H,20,24H2,1-15H3,(H,42,47)(H,45,46)/t31-/m0/s1. The van der Waals surface area contributed by atoms with Crippen LogP contribution < -0.4 is 19.8 Å². The maximum Gasteiger partial charge on any atom is 0.412 e. The Labute approximate surface area is 319 Å². The Bertz CT molecular complexity index is 1640. The van der Waals surface area contributed by atoms with Crippen LogP contribution in [0.25, 0.3) is 5.57 Å². The fraction of sp³-hybridized carbons (Fsp3) is 0.575. The molecular formula is C40H63N3O8Si2. The SMILES string of the molecule is COc1cc(C(=O)N2C=C(c3ccc(NC(=O)O)cc3)C[C@H]2CO[Si](C)(C)C(C)(C)C)c(NC(=O)OC(C)(C)C)cc1O[Si](C(C)C)(C(C)C)C(C)C. The van der Waals surface area contributed by atoms with E-state index in [1.54, 1.807) is 57.0 Å². The highest BCUT2D eigenvalue weighted by Crippen LogP contribution is 2.46. The number of hydrogen-bond donors (Lipinski definition) is 3. The van der Waals surface area contributed by atoms with E-state index in [9.17, 15) is 14.4 Å². The number of anilines is 2. The summed E-state index contributed by atoms with van der Waals surface area (Å²) >= 11 is 0. The lowest BCUT2D eigenvalue weighted by atomic mass is 10.0. The molecule has 0 radical (unpaired) electrons. The Kier molecular flexibility index (Phi) is 13.7. The molecular weight excluding hydrogens is 707 g/mol. The van der Waals surface area contributed by atoms with Gasteiger partial charge in [0, 0.05) is 18.0 Å². The lowest BCUT2D eigenvalue weighted by molar-refractivity contribution is 0.0635. The van der Waals surface area contributed by atoms with E-state index in [0.29, 0.717) is 30.2 Å². The normalized spacial score (nSPS) is 15.5. The second kappa shape index (κ2) is 16.7. The van der Waals surface area contributed by atoms with Gasteiger partial charge in [0.25, 0.3) is 14.2 Å². The highest BCUT2D eigenvalue weighted by Gasteiger charge is 2.48. The predicted octanol–water partition coefficient (Wildman–Crippen LogP) is 11.0. The Morgan fingerprint density at radius 1 is 0.887 bits per heavy atom. The van der Waals surface area contributed by atoms with Crippen LogP contribution in [-0.2, 0) is 9.16 Å². The Balaban J connectivity index is 2.21. The molecule has 294 valence electrons. The van der Waals surface area contributed by atoms with E-state index in [-0.39, 0.29) is 44.9 Å². The maximum atomic E-state index is 14.9. The monoisotopic (exact) mass is 769 g/mol. The molecule has 2 aromatic carbocycles. The molecule has 0 saturated carbocycles. The number of rotatable bonds is 13. The van der Waals surface area contributed by atoms with Gasteiger partial charge in [-0.3, -0.25) is 15.4 Å². The topological polar surface area (TPSA) is 136 Å². The van der Waals surface area contributed by atoms with Gasteiger partial charge in [-0.2, -0.15) is 0 Å². The second-order valence-corrected chi connectivity index (χ2v) is 27.6. The number of carbonyl (C=O) groups excluding carboxylic acids is 2. The van der Waals surface area contributed by atoms with Gasteiger partial charge >= 0.3 is 12.2 Å². The van der Waals surface area contributed by atoms with Crippen LogP contribution in [0.4, 0.5) is 21.0 Å². The Morgan fingerprint density at radius 3 is 1.92 bits per heavy atom. The average molecular weight is 770 g/mol. The largest absolute Gasteiger partial charge is 0.540 e. The molecule has 2 aromatic rings. The van der Waals surface area contributed by atoms with Crippen molar-refractivity contribution >= 4 is 51.7 Å². The highest BCUT2D eigenvalue weighted by atomic mass is 28.4. The van der Waals surface area contributed by atoms with Gasteiger partial charge in [0.15, 0.2) is 14.1 Å². The summed E-state index contributed by atoms with van der Waals surface area (Å²) in [5, 5.41) is 14.3. The molecule has 11 nitrogen and oxygen atoms in total. The number of carbonyl (C=O) groups is 3. The van der Waals surface area contributed by atoms with Gasteiger partial charge < -0.3 is 28.3 Å². The number of nitrogens with zero attached hydrogens (tertiary/aromatic N) is 1. The van der Waals surface area contributed by atoms with Crippen LogP contribution in [0.5, 0.6) is 11.5 Å². The van der Waals surface area contributed by atoms with Crippen LogP contribution in [0, 0.1) is 0 Å². The first-order chi connectivity index (χ1) is 24.3. The molecule has 0 spiro atoms. The molecule has 13 heteroatoms. The van der Waals surface area contributed by atoms with Crippen molar-refractivity contribution in [3.8, 4) is 11.5 Å². The summed E-state index contributed by atoms with van der Waals surface area (Å²) < 4.78 is 25.3. The highest BCUT2D eigenvalue weighted by molar-refractivity contribution is 6.78. The Morgan fingerprint density at radius 2 is 1.45 bits per heavy atom. The number of methoxy groups -OCH3 is 1. The predicted molar refractivity (Wildman–Crippen MR) is 218 cm³/mol. The van der Waals surface area contributed by atoms with Crippen LogP contribution in [0.2, 0.25) is 34.8 Å². The molecule has 3 amide bonds. The first kappa shape index (κ1) is 43.6. The molecule has 0 aromatic heterocycles. The van der Waals surface area contributed by atoms with Crippen molar-refractivity contribution in [1.29, 1.82) is 0 Å². The molecule has 1 atom stereocenters. The summed E-state index contributed by atoms with van der Waals surface area (Å²) in [5.74, 6) is 0.494. The minimum absolute atomic E-state index is 0.0438. The summed E-state index contributed by atoms with van der Waals surface area (Å²) in [6.07, 6.45) is 0.480. The lowest BCUT2D eigenvalue weighted by Crippen LogP contribution is -2.50. The second-order valence-electron chi connectivity index (χ2n) is 17.4. The van der Waals surface area contributed by atoms with Gasteiger partial charge in [0.2, 0.25) is 0 Å². The molecule has 0 bridgehead atoms. The number of carboxylic acid groups (broad SMARTS) is 1. The first-order valence-electron chi connectivity index (χ1n) is 18.5. The van der Waals surface area contributed by atoms with Gasteiger partial charge in [0.05, 0.1) is 31.0 Å². The van der Waals surface area contributed by atoms with E-state index in [1.165, 1.54) is 0 Å². The molecule has 0 unspecified atom stereocenters. The maximum absolute atomic E-state index is 14.9. The fourth-order valence-corrected chi connectivity index (χ4v) is 13.1. The third-order valence-electron chi connectivity index (χ3n) is 10.5. The number of amides is 3. The summed E-state index contributed by atoms with van der Waals surface area (Å²) in [7, 11) is -3.13. The van der Waals surface area contributed by atoms with Gasteiger partial charge in [-0.1, -0.05) is 74.4 Å². The molecule has 0 fully saturated rings. The van der Waals surface area contributed by atoms with Crippen LogP contribution >= 0.6 is 0 Å². The summed E-state index contributed by atoms with van der Waals surface area (Å²) in [4.78, 5) is 41.1. The van der Waals surface area contributed by atoms with Crippen molar-refractivity contribution in [2.75, 3.05) is 24.4 Å². The van der Waals surface area contributed by atoms with E-state index in [1.807, 2.05) is 18.3 Å². The van der Waals surface area contributed by atoms with Gasteiger partial charge in [-0.15, -0.1) is 0 Å². The van der Waals surface area contributed by atoms with Gasteiger partial charge in [-0.05, 0) is 91.3 Å². The van der Waals surface area contributed by atoms with Crippen molar-refractivity contribution in [3.63, 3.8) is 0 Å². The van der Waals surface area contributed by atoms with Gasteiger partial charge in [-0.25, -0.2) is 9.59 Å². The zero-order chi connectivity index (χ0) is 40.3. The molecule has 0 aliphatic carbocycles. The van der Waals surface area contributed by atoms with Crippen molar-refractivity contribution < 1.29 is 37.8 Å². The van der Waals surface area contributed by atoms with Crippen molar-refractivity contribution in [1.82, 2.24) is 4.90 Å². The quantitative estimate of drug-likeness (QED) is 0.171. The number of benzene rings is 2. The van der Waals surface area contributed by atoms with Crippen molar-refractivity contribution in [3.05, 3.63) is 53.7 Å². The molecule has 3 N–H and O–H groups in total. The van der Waals surface area contributed by atoms with Crippen LogP contribution in [0.3, 0.4) is 0 Å². The average Bonchev–Trinajstić information content (AvgIpc) is 3.44. The van der Waals surface area contributed by atoms with Gasteiger partial charge in [0.1, 0.15) is 11.4 Å². The fourth-order valence-electron chi connectivity index (χ4n) is 6.82. The summed E-state index contributed by atoms with van der Waals surface area (Å²) in [6.45, 7) is 29.7. The zero-order valence-corrected chi connectivity index (χ0v) is 36.5. The minimum Gasteiger partial charge on any atom is -0.540 e. The van der Waals surface area contributed by atoms with E-state index < -0.39 is 34.4 Å². The number of hydrogen-bond acceptors (Lipinski definition) is 7. The molecule has 1 aliphatic rings. The minimum atomic E-state index is -2.48. The smallest absolute Gasteiger partial charge is 0.412 e. The van der Waals surface area contributed by atoms with E-state index in [0.717, 1.165) is 11.1 Å². The Hall–Kier alpha value is -3.82. The van der Waals surface area contributed by atoms with Crippen molar-refractivity contribution in [2.24, 2.45) is 0 Å². The summed E-state index contributed by atoms with van der Waals surface area (Å²) in [5.41, 5.74) is 2.65. The molecule has 0 saturated heterocycles. The third kappa shape index (κ3) is 10.4. The zero-order valence-electron chi connectivity index (χ0n) is 34.5. The van der Waals surface area contributed by atoms with E-state index >= 15 is 0 Å². The van der Waals surface area contributed by atoms with Crippen LogP contribution in [0.1, 0.15) is 105 Å². The van der Waals surface area contributed by atoms with Crippen LogP contribution in [0.15, 0.2) is 42.6 Å². The number of ether oxygens (including phenoxy) is 2. The first-order valence-corrected chi connectivity index (χ1v) is 23.6. The lowest BCUT2D eigenvalue weighted by Gasteiger charge is -2.42. The molecule has 53 heavy (non-hydrogen) atoms. The van der Waals surface area contributed by atoms with Crippen molar-refractivity contribution in [2.45, 2.75) is 136 Å². The molecule has 1 heterocycles. The van der Waals surface area contributed by atoms with E-state index in [2.05, 4.69) is 86.0 Å². The molecule has 1 aliphatic heterocycles. The molecule has 3 rings (SSSR count). The summed E-state index contributed by atoms with van der Waals surface area (Å²) in [6, 6.07) is 10.0. The van der Waals surface area contributed by atoms with Crippen LogP contribution in [-0.4, -0.2) is 70.1 Å².